The molecule has 1 amide bonds. The van der Waals surface area contributed by atoms with Gasteiger partial charge in [0.2, 0.25) is 0 Å². The van der Waals surface area contributed by atoms with Crippen LogP contribution in [0.3, 0.4) is 0 Å². The third kappa shape index (κ3) is 3.83. The summed E-state index contributed by atoms with van der Waals surface area (Å²) in [5.74, 6) is -0.0547. The highest BCUT2D eigenvalue weighted by Crippen LogP contribution is 2.08. The van der Waals surface area contributed by atoms with Gasteiger partial charge in [0.05, 0.1) is 17.4 Å². The van der Waals surface area contributed by atoms with Crippen molar-refractivity contribution in [1.82, 2.24) is 20.4 Å². The van der Waals surface area contributed by atoms with E-state index in [1.54, 1.807) is 17.1 Å². The van der Waals surface area contributed by atoms with Crippen LogP contribution in [-0.2, 0) is 0 Å². The van der Waals surface area contributed by atoms with Crippen molar-refractivity contribution in [1.29, 1.82) is 0 Å². The number of aromatic nitrogens is 2. The van der Waals surface area contributed by atoms with Gasteiger partial charge in [0, 0.05) is 18.8 Å². The van der Waals surface area contributed by atoms with E-state index in [0.717, 1.165) is 31.6 Å². The molecule has 112 valence electrons. The molecule has 0 unspecified atom stereocenters. The third-order valence-corrected chi connectivity index (χ3v) is 3.50. The quantitative estimate of drug-likeness (QED) is 0.909. The lowest BCUT2D eigenvalue weighted by Crippen LogP contribution is -2.45. The van der Waals surface area contributed by atoms with Crippen molar-refractivity contribution in [2.45, 2.75) is 18.9 Å². The van der Waals surface area contributed by atoms with Gasteiger partial charge in [-0.15, -0.1) is 12.4 Å². The average molecular weight is 307 g/mol. The lowest BCUT2D eigenvalue weighted by atomic mass is 10.1. The molecule has 0 spiro atoms. The first-order valence-corrected chi connectivity index (χ1v) is 6.94. The maximum atomic E-state index is 12.2. The Hall–Kier alpha value is -1.85. The molecule has 21 heavy (non-hydrogen) atoms. The Kier molecular flexibility index (Phi) is 5.36. The fraction of sp³-hybridized carbons (Fsp3) is 0.333. The molecule has 0 radical (unpaired) electrons. The standard InChI is InChI=1S/C15H18N4O.ClH/c20-15(18-13-5-4-8-16-10-13)12-9-17-19(11-12)14-6-2-1-3-7-14;/h1-3,6-7,9,11,13,16H,4-5,8,10H2,(H,18,20);1H/t13-;/m0./s1. The first kappa shape index (κ1) is 15.5. The summed E-state index contributed by atoms with van der Waals surface area (Å²) in [5.41, 5.74) is 1.55. The van der Waals surface area contributed by atoms with Crippen molar-refractivity contribution in [3.05, 3.63) is 48.3 Å². The second-order valence-electron chi connectivity index (χ2n) is 5.03. The van der Waals surface area contributed by atoms with Gasteiger partial charge in [0.25, 0.3) is 5.91 Å². The summed E-state index contributed by atoms with van der Waals surface area (Å²) >= 11 is 0. The van der Waals surface area contributed by atoms with E-state index in [2.05, 4.69) is 15.7 Å². The molecule has 1 atom stereocenters. The van der Waals surface area contributed by atoms with Crippen molar-refractivity contribution in [2.24, 2.45) is 0 Å². The molecule has 2 heterocycles. The lowest BCUT2D eigenvalue weighted by Gasteiger charge is -2.23. The number of piperidine rings is 1. The van der Waals surface area contributed by atoms with Gasteiger partial charge in [-0.25, -0.2) is 4.68 Å². The Labute approximate surface area is 130 Å². The van der Waals surface area contributed by atoms with Crippen LogP contribution in [0.15, 0.2) is 42.7 Å². The molecule has 3 rings (SSSR count). The Bertz CT molecular complexity index is 578. The Morgan fingerprint density at radius 2 is 2.14 bits per heavy atom. The minimum atomic E-state index is -0.0547. The van der Waals surface area contributed by atoms with Crippen LogP contribution < -0.4 is 10.6 Å². The number of nitrogens with zero attached hydrogens (tertiary/aromatic N) is 2. The van der Waals surface area contributed by atoms with Crippen molar-refractivity contribution in [3.8, 4) is 5.69 Å². The number of halogens is 1. The van der Waals surface area contributed by atoms with Crippen LogP contribution in [0.25, 0.3) is 5.69 Å². The van der Waals surface area contributed by atoms with Gasteiger partial charge in [-0.1, -0.05) is 18.2 Å². The van der Waals surface area contributed by atoms with E-state index in [1.807, 2.05) is 30.3 Å². The minimum absolute atomic E-state index is 0. The SMILES string of the molecule is Cl.O=C(N[C@H]1CCCNC1)c1cnn(-c2ccccc2)c1. The molecule has 1 aliphatic rings. The number of hydrogen-bond donors (Lipinski definition) is 2. The zero-order valence-electron chi connectivity index (χ0n) is 11.7. The summed E-state index contributed by atoms with van der Waals surface area (Å²) in [4.78, 5) is 12.2. The number of benzene rings is 1. The van der Waals surface area contributed by atoms with Gasteiger partial charge >= 0.3 is 0 Å². The number of rotatable bonds is 3. The van der Waals surface area contributed by atoms with Crippen LogP contribution >= 0.6 is 12.4 Å². The monoisotopic (exact) mass is 306 g/mol. The van der Waals surface area contributed by atoms with E-state index in [9.17, 15) is 4.79 Å². The summed E-state index contributed by atoms with van der Waals surface area (Å²) in [6, 6.07) is 9.99. The smallest absolute Gasteiger partial charge is 0.254 e. The highest BCUT2D eigenvalue weighted by molar-refractivity contribution is 5.94. The molecule has 0 saturated carbocycles. The maximum absolute atomic E-state index is 12.2. The van der Waals surface area contributed by atoms with Crippen LogP contribution in [0.4, 0.5) is 0 Å². The molecule has 0 bridgehead atoms. The number of nitrogens with one attached hydrogen (secondary N) is 2. The van der Waals surface area contributed by atoms with Gasteiger partial charge in [-0.2, -0.15) is 5.10 Å². The van der Waals surface area contributed by atoms with Crippen LogP contribution in [0, 0.1) is 0 Å². The lowest BCUT2D eigenvalue weighted by molar-refractivity contribution is 0.0930. The van der Waals surface area contributed by atoms with E-state index in [-0.39, 0.29) is 24.4 Å². The number of para-hydroxylation sites is 1. The van der Waals surface area contributed by atoms with E-state index in [1.165, 1.54) is 0 Å². The predicted molar refractivity (Wildman–Crippen MR) is 84.2 cm³/mol. The minimum Gasteiger partial charge on any atom is -0.348 e. The summed E-state index contributed by atoms with van der Waals surface area (Å²) < 4.78 is 1.72. The van der Waals surface area contributed by atoms with E-state index in [4.69, 9.17) is 0 Å². The Morgan fingerprint density at radius 3 is 2.86 bits per heavy atom. The van der Waals surface area contributed by atoms with Gasteiger partial charge in [0.15, 0.2) is 0 Å². The molecule has 2 N–H and O–H groups in total. The van der Waals surface area contributed by atoms with Crippen LogP contribution in [-0.4, -0.2) is 34.8 Å². The molecule has 2 aromatic rings. The van der Waals surface area contributed by atoms with E-state index >= 15 is 0 Å². The number of amides is 1. The molecule has 1 fully saturated rings. The summed E-state index contributed by atoms with van der Waals surface area (Å²) in [7, 11) is 0. The van der Waals surface area contributed by atoms with Crippen molar-refractivity contribution >= 4 is 18.3 Å². The predicted octanol–water partition coefficient (Wildman–Crippen LogP) is 1.78. The normalized spacial score (nSPS) is 17.8. The molecule has 1 aliphatic heterocycles. The van der Waals surface area contributed by atoms with Gasteiger partial charge in [0.1, 0.15) is 0 Å². The summed E-state index contributed by atoms with van der Waals surface area (Å²) in [6.07, 6.45) is 5.51. The van der Waals surface area contributed by atoms with Gasteiger partial charge < -0.3 is 10.6 Å². The topological polar surface area (TPSA) is 59.0 Å². The number of carbonyl (C=O) groups is 1. The molecule has 1 aromatic carbocycles. The fourth-order valence-corrected chi connectivity index (χ4v) is 2.41. The molecule has 0 aliphatic carbocycles. The zero-order valence-corrected chi connectivity index (χ0v) is 12.5. The highest BCUT2D eigenvalue weighted by atomic mass is 35.5. The molecular formula is C15H19ClN4O. The summed E-state index contributed by atoms with van der Waals surface area (Å²) in [5, 5.41) is 10.6. The highest BCUT2D eigenvalue weighted by Gasteiger charge is 2.17. The average Bonchev–Trinajstić information content (AvgIpc) is 2.99. The summed E-state index contributed by atoms with van der Waals surface area (Å²) in [6.45, 7) is 1.89. The maximum Gasteiger partial charge on any atom is 0.254 e. The largest absolute Gasteiger partial charge is 0.348 e. The Morgan fingerprint density at radius 1 is 1.33 bits per heavy atom. The molecule has 6 heteroatoms. The second kappa shape index (κ2) is 7.24. The van der Waals surface area contributed by atoms with Gasteiger partial charge in [-0.3, -0.25) is 4.79 Å². The number of carbonyl (C=O) groups excluding carboxylic acids is 1. The van der Waals surface area contributed by atoms with E-state index < -0.39 is 0 Å². The molecular weight excluding hydrogens is 288 g/mol. The molecule has 1 aromatic heterocycles. The van der Waals surface area contributed by atoms with Crippen LogP contribution in [0.1, 0.15) is 23.2 Å². The van der Waals surface area contributed by atoms with Crippen LogP contribution in [0.2, 0.25) is 0 Å². The first-order chi connectivity index (χ1) is 9.83. The van der Waals surface area contributed by atoms with Crippen molar-refractivity contribution in [2.75, 3.05) is 13.1 Å². The second-order valence-corrected chi connectivity index (χ2v) is 5.03. The molecule has 5 nitrogen and oxygen atoms in total. The third-order valence-electron chi connectivity index (χ3n) is 3.50. The fourth-order valence-electron chi connectivity index (χ4n) is 2.41. The molecule has 1 saturated heterocycles. The van der Waals surface area contributed by atoms with Crippen molar-refractivity contribution < 1.29 is 4.79 Å². The first-order valence-electron chi connectivity index (χ1n) is 6.94. The van der Waals surface area contributed by atoms with Crippen molar-refractivity contribution in [3.63, 3.8) is 0 Å². The Balaban J connectivity index is 0.00000161. The zero-order chi connectivity index (χ0) is 13.8. The van der Waals surface area contributed by atoms with Crippen LogP contribution in [0.5, 0.6) is 0 Å². The van der Waals surface area contributed by atoms with Gasteiger partial charge in [-0.05, 0) is 31.5 Å². The van der Waals surface area contributed by atoms with E-state index in [0.29, 0.717) is 5.56 Å². The number of hydrogen-bond acceptors (Lipinski definition) is 3.